The number of nitrogens with one attached hydrogen (secondary N) is 1. The Bertz CT molecular complexity index is 434. The van der Waals surface area contributed by atoms with Crippen molar-refractivity contribution < 1.29 is 9.84 Å². The van der Waals surface area contributed by atoms with E-state index >= 15 is 0 Å². The van der Waals surface area contributed by atoms with Crippen molar-refractivity contribution in [1.29, 1.82) is 0 Å². The van der Waals surface area contributed by atoms with Crippen LogP contribution in [0, 0.1) is 0 Å². The topological polar surface area (TPSA) is 45.2 Å². The second-order valence-corrected chi connectivity index (χ2v) is 3.20. The van der Waals surface area contributed by atoms with Gasteiger partial charge in [0.1, 0.15) is 5.75 Å². The Morgan fingerprint density at radius 1 is 1.43 bits per heavy atom. The van der Waals surface area contributed by atoms with Crippen LogP contribution < -0.4 is 4.74 Å². The van der Waals surface area contributed by atoms with Crippen LogP contribution >= 0.6 is 0 Å². The fourth-order valence-corrected chi connectivity index (χ4v) is 1.63. The summed E-state index contributed by atoms with van der Waals surface area (Å²) in [5.74, 6) is 0.839. The highest BCUT2D eigenvalue weighted by atomic mass is 16.5. The number of methoxy groups -OCH3 is 1. The van der Waals surface area contributed by atoms with Crippen LogP contribution in [0.5, 0.6) is 5.75 Å². The smallest absolute Gasteiger partial charge is 0.122 e. The van der Waals surface area contributed by atoms with Crippen molar-refractivity contribution in [2.45, 2.75) is 6.42 Å². The lowest BCUT2D eigenvalue weighted by Gasteiger charge is -2.07. The monoisotopic (exact) mass is 191 g/mol. The second-order valence-electron chi connectivity index (χ2n) is 3.20. The maximum Gasteiger partial charge on any atom is 0.122 e. The van der Waals surface area contributed by atoms with Crippen LogP contribution in [0.1, 0.15) is 5.56 Å². The second kappa shape index (κ2) is 3.72. The summed E-state index contributed by atoms with van der Waals surface area (Å²) >= 11 is 0. The Labute approximate surface area is 82.3 Å². The molecule has 74 valence electrons. The van der Waals surface area contributed by atoms with E-state index in [9.17, 15) is 0 Å². The fourth-order valence-electron chi connectivity index (χ4n) is 1.63. The molecule has 0 unspecified atom stereocenters. The van der Waals surface area contributed by atoms with Crippen molar-refractivity contribution in [3.63, 3.8) is 0 Å². The molecule has 2 aromatic rings. The summed E-state index contributed by atoms with van der Waals surface area (Å²) in [6, 6.07) is 6.00. The molecule has 0 atom stereocenters. The zero-order valence-electron chi connectivity index (χ0n) is 8.08. The van der Waals surface area contributed by atoms with E-state index in [4.69, 9.17) is 9.84 Å². The van der Waals surface area contributed by atoms with Gasteiger partial charge in [-0.05, 0) is 30.2 Å². The Morgan fingerprint density at radius 2 is 2.29 bits per heavy atom. The van der Waals surface area contributed by atoms with E-state index in [1.165, 1.54) is 0 Å². The average molecular weight is 191 g/mol. The predicted octanol–water partition coefficient (Wildman–Crippen LogP) is 1.71. The first-order valence-corrected chi connectivity index (χ1v) is 4.60. The van der Waals surface area contributed by atoms with E-state index < -0.39 is 0 Å². The van der Waals surface area contributed by atoms with Crippen LogP contribution in [0.4, 0.5) is 0 Å². The first-order valence-electron chi connectivity index (χ1n) is 4.60. The number of rotatable bonds is 3. The lowest BCUT2D eigenvalue weighted by Crippen LogP contribution is -1.95. The molecule has 0 spiro atoms. The molecule has 0 fully saturated rings. The van der Waals surface area contributed by atoms with Gasteiger partial charge in [-0.2, -0.15) is 0 Å². The fraction of sp³-hybridized carbons (Fsp3) is 0.273. The Balaban J connectivity index is 2.54. The molecule has 2 rings (SSSR count). The zero-order chi connectivity index (χ0) is 9.97. The number of aliphatic hydroxyl groups excluding tert-OH is 1. The molecule has 0 radical (unpaired) electrons. The van der Waals surface area contributed by atoms with Crippen LogP contribution in [0.15, 0.2) is 24.4 Å². The third-order valence-electron chi connectivity index (χ3n) is 2.34. The molecule has 0 bridgehead atoms. The summed E-state index contributed by atoms with van der Waals surface area (Å²) < 4.78 is 5.25. The maximum atomic E-state index is 8.90. The van der Waals surface area contributed by atoms with E-state index in [0.717, 1.165) is 22.2 Å². The van der Waals surface area contributed by atoms with Gasteiger partial charge in [0.15, 0.2) is 0 Å². The Hall–Kier alpha value is -1.48. The number of aromatic amines is 1. The molecular weight excluding hydrogens is 178 g/mol. The van der Waals surface area contributed by atoms with Gasteiger partial charge < -0.3 is 14.8 Å². The lowest BCUT2D eigenvalue weighted by atomic mass is 10.1. The van der Waals surface area contributed by atoms with Gasteiger partial charge in [-0.15, -0.1) is 0 Å². The summed E-state index contributed by atoms with van der Waals surface area (Å²) in [7, 11) is 1.65. The van der Waals surface area contributed by atoms with Crippen molar-refractivity contribution >= 4 is 10.9 Å². The van der Waals surface area contributed by atoms with E-state index in [1.54, 1.807) is 7.11 Å². The van der Waals surface area contributed by atoms with E-state index in [-0.39, 0.29) is 6.61 Å². The molecule has 3 nitrogen and oxygen atoms in total. The van der Waals surface area contributed by atoms with Gasteiger partial charge >= 0.3 is 0 Å². The minimum atomic E-state index is 0.141. The van der Waals surface area contributed by atoms with Gasteiger partial charge in [-0.1, -0.05) is 0 Å². The number of benzene rings is 1. The summed E-state index contributed by atoms with van der Waals surface area (Å²) in [5.41, 5.74) is 2.11. The van der Waals surface area contributed by atoms with Crippen LogP contribution in [-0.4, -0.2) is 23.8 Å². The summed E-state index contributed by atoms with van der Waals surface area (Å²) in [6.07, 6.45) is 2.52. The quantitative estimate of drug-likeness (QED) is 0.775. The molecule has 0 amide bonds. The molecule has 0 aliphatic carbocycles. The van der Waals surface area contributed by atoms with Crippen molar-refractivity contribution in [3.05, 3.63) is 30.0 Å². The predicted molar refractivity (Wildman–Crippen MR) is 55.6 cm³/mol. The Kier molecular flexibility index (Phi) is 2.41. The Morgan fingerprint density at radius 3 is 3.00 bits per heavy atom. The summed E-state index contributed by atoms with van der Waals surface area (Å²) in [5, 5.41) is 10.0. The highest BCUT2D eigenvalue weighted by Crippen LogP contribution is 2.25. The van der Waals surface area contributed by atoms with E-state index in [1.807, 2.05) is 24.4 Å². The minimum Gasteiger partial charge on any atom is -0.496 e. The number of H-pyrrole nitrogens is 1. The number of aromatic nitrogens is 1. The van der Waals surface area contributed by atoms with Crippen LogP contribution in [0.2, 0.25) is 0 Å². The molecule has 1 aromatic heterocycles. The van der Waals surface area contributed by atoms with Crippen LogP contribution in [-0.2, 0) is 6.42 Å². The van der Waals surface area contributed by atoms with Crippen LogP contribution in [0.25, 0.3) is 10.9 Å². The van der Waals surface area contributed by atoms with Gasteiger partial charge in [-0.25, -0.2) is 0 Å². The normalized spacial score (nSPS) is 10.7. The van der Waals surface area contributed by atoms with Gasteiger partial charge in [0.2, 0.25) is 0 Å². The van der Waals surface area contributed by atoms with Crippen molar-refractivity contribution in [3.8, 4) is 5.75 Å². The summed E-state index contributed by atoms with van der Waals surface area (Å²) in [4.78, 5) is 3.13. The third kappa shape index (κ3) is 1.46. The van der Waals surface area contributed by atoms with Crippen LogP contribution in [0.3, 0.4) is 0 Å². The first kappa shape index (κ1) is 9.09. The molecule has 1 heterocycles. The molecule has 0 aliphatic heterocycles. The van der Waals surface area contributed by atoms with Gasteiger partial charge in [0.25, 0.3) is 0 Å². The molecule has 2 N–H and O–H groups in total. The number of fused-ring (bicyclic) bond motifs is 1. The summed E-state index contributed by atoms with van der Waals surface area (Å²) in [6.45, 7) is 0.141. The first-order chi connectivity index (χ1) is 6.85. The van der Waals surface area contributed by atoms with Crippen molar-refractivity contribution in [2.24, 2.45) is 0 Å². The van der Waals surface area contributed by atoms with Gasteiger partial charge in [0.05, 0.1) is 7.11 Å². The number of hydrogen-bond acceptors (Lipinski definition) is 2. The van der Waals surface area contributed by atoms with Crippen molar-refractivity contribution in [2.75, 3.05) is 13.7 Å². The highest BCUT2D eigenvalue weighted by Gasteiger charge is 2.05. The lowest BCUT2D eigenvalue weighted by molar-refractivity contribution is 0.297. The molecule has 14 heavy (non-hydrogen) atoms. The molecule has 0 saturated heterocycles. The van der Waals surface area contributed by atoms with Crippen molar-refractivity contribution in [1.82, 2.24) is 4.98 Å². The molecule has 3 heteroatoms. The zero-order valence-corrected chi connectivity index (χ0v) is 8.08. The number of ether oxygens (including phenoxy) is 1. The third-order valence-corrected chi connectivity index (χ3v) is 2.34. The SMILES string of the molecule is COc1cc2cc[nH]c2cc1CCO. The highest BCUT2D eigenvalue weighted by molar-refractivity contribution is 5.82. The minimum absolute atomic E-state index is 0.141. The molecule has 1 aromatic carbocycles. The largest absolute Gasteiger partial charge is 0.496 e. The maximum absolute atomic E-state index is 8.90. The van der Waals surface area contributed by atoms with Gasteiger partial charge in [-0.3, -0.25) is 0 Å². The molecular formula is C11H13NO2. The standard InChI is InChI=1S/C11H13NO2/c1-14-11-7-8-2-4-12-10(8)6-9(11)3-5-13/h2,4,6-7,12-13H,3,5H2,1H3. The average Bonchev–Trinajstić information content (AvgIpc) is 2.64. The molecule has 0 saturated carbocycles. The van der Waals surface area contributed by atoms with Gasteiger partial charge in [0, 0.05) is 23.7 Å². The number of hydrogen-bond donors (Lipinski definition) is 2. The van der Waals surface area contributed by atoms with E-state index in [0.29, 0.717) is 6.42 Å². The molecule has 0 aliphatic rings. The van der Waals surface area contributed by atoms with E-state index in [2.05, 4.69) is 4.98 Å². The number of aliphatic hydroxyl groups is 1.